The van der Waals surface area contributed by atoms with Gasteiger partial charge in [0, 0.05) is 28.1 Å². The lowest BCUT2D eigenvalue weighted by Crippen LogP contribution is -2.12. The number of carbonyl (C=O) groups is 1. The number of aromatic nitrogens is 3. The molecule has 2 aromatic carbocycles. The van der Waals surface area contributed by atoms with Crippen LogP contribution in [0.15, 0.2) is 53.0 Å². The Morgan fingerprint density at radius 3 is 2.86 bits per heavy atom. The summed E-state index contributed by atoms with van der Waals surface area (Å²) < 4.78 is 0. The molecule has 0 unspecified atom stereocenters. The Balaban J connectivity index is 1.32. The maximum atomic E-state index is 12.2. The molecular formula is C19H14Cl2N4OS2. The predicted octanol–water partition coefficient (Wildman–Crippen LogP) is 6.11. The van der Waals surface area contributed by atoms with Crippen LogP contribution in [-0.4, -0.2) is 26.6 Å². The molecule has 2 heterocycles. The summed E-state index contributed by atoms with van der Waals surface area (Å²) in [5.74, 6) is 0.527. The van der Waals surface area contributed by atoms with E-state index < -0.39 is 0 Å². The zero-order valence-corrected chi connectivity index (χ0v) is 17.6. The van der Waals surface area contributed by atoms with Crippen molar-refractivity contribution in [2.24, 2.45) is 0 Å². The highest BCUT2D eigenvalue weighted by atomic mass is 35.5. The van der Waals surface area contributed by atoms with Gasteiger partial charge in [-0.2, -0.15) is 0 Å². The summed E-state index contributed by atoms with van der Waals surface area (Å²) in [6.45, 7) is 0. The van der Waals surface area contributed by atoms with E-state index in [9.17, 15) is 4.79 Å². The molecule has 0 atom stereocenters. The molecular weight excluding hydrogens is 435 g/mol. The Morgan fingerprint density at radius 1 is 1.18 bits per heavy atom. The van der Waals surface area contributed by atoms with Gasteiger partial charge in [0.2, 0.25) is 5.91 Å². The number of hydrogen-bond acceptors (Lipinski definition) is 5. The van der Waals surface area contributed by atoms with Crippen LogP contribution in [0.4, 0.5) is 5.13 Å². The first-order valence-corrected chi connectivity index (χ1v) is 11.0. The van der Waals surface area contributed by atoms with Gasteiger partial charge in [0.15, 0.2) is 10.3 Å². The minimum Gasteiger partial charge on any atom is -0.333 e. The highest BCUT2D eigenvalue weighted by molar-refractivity contribution is 7.99. The molecule has 0 bridgehead atoms. The molecule has 28 heavy (non-hydrogen) atoms. The van der Waals surface area contributed by atoms with Gasteiger partial charge < -0.3 is 10.3 Å². The minimum absolute atomic E-state index is 0.0910. The number of aromatic amines is 1. The standard InChI is InChI=1S/C19H14Cl2N4OS2/c20-11-5-6-12(13(21)9-11)16-10-28-19(24-16)25-17(26)7-8-27-18-22-14-3-1-2-4-15(14)23-18/h1-6,9-10H,7-8H2,(H,22,23)(H,24,25,26). The van der Waals surface area contributed by atoms with Crippen molar-refractivity contribution >= 4 is 68.4 Å². The number of imidazole rings is 1. The molecule has 5 nitrogen and oxygen atoms in total. The van der Waals surface area contributed by atoms with E-state index in [-0.39, 0.29) is 5.91 Å². The van der Waals surface area contributed by atoms with E-state index in [1.165, 1.54) is 23.1 Å². The second kappa shape index (κ2) is 8.53. The molecule has 1 amide bonds. The van der Waals surface area contributed by atoms with Crippen molar-refractivity contribution in [1.82, 2.24) is 15.0 Å². The molecule has 0 fully saturated rings. The third kappa shape index (κ3) is 4.50. The third-order valence-electron chi connectivity index (χ3n) is 3.89. The molecule has 2 aromatic heterocycles. The molecule has 0 aliphatic rings. The van der Waals surface area contributed by atoms with Crippen molar-refractivity contribution in [3.63, 3.8) is 0 Å². The molecule has 2 N–H and O–H groups in total. The van der Waals surface area contributed by atoms with Gasteiger partial charge in [0.25, 0.3) is 0 Å². The largest absolute Gasteiger partial charge is 0.333 e. The first kappa shape index (κ1) is 19.3. The van der Waals surface area contributed by atoms with Gasteiger partial charge in [-0.1, -0.05) is 47.1 Å². The Hall–Kier alpha value is -2.06. The van der Waals surface area contributed by atoms with Crippen LogP contribution in [0.3, 0.4) is 0 Å². The van der Waals surface area contributed by atoms with Crippen molar-refractivity contribution in [1.29, 1.82) is 0 Å². The zero-order chi connectivity index (χ0) is 19.5. The number of thioether (sulfide) groups is 1. The van der Waals surface area contributed by atoms with E-state index in [0.717, 1.165) is 21.8 Å². The molecule has 0 spiro atoms. The van der Waals surface area contributed by atoms with E-state index in [2.05, 4.69) is 20.3 Å². The average molecular weight is 449 g/mol. The summed E-state index contributed by atoms with van der Waals surface area (Å²) in [6.07, 6.45) is 0.359. The molecule has 0 saturated heterocycles. The highest BCUT2D eigenvalue weighted by Crippen LogP contribution is 2.32. The number of thiazole rings is 1. The summed E-state index contributed by atoms with van der Waals surface area (Å²) in [4.78, 5) is 24.4. The van der Waals surface area contributed by atoms with Crippen molar-refractivity contribution in [3.8, 4) is 11.3 Å². The maximum Gasteiger partial charge on any atom is 0.226 e. The van der Waals surface area contributed by atoms with E-state index in [0.29, 0.717) is 33.0 Å². The van der Waals surface area contributed by atoms with E-state index >= 15 is 0 Å². The lowest BCUT2D eigenvalue weighted by molar-refractivity contribution is -0.115. The fourth-order valence-electron chi connectivity index (χ4n) is 2.57. The minimum atomic E-state index is -0.0910. The first-order valence-electron chi connectivity index (χ1n) is 8.37. The first-order chi connectivity index (χ1) is 13.6. The number of benzene rings is 2. The Bertz CT molecular complexity index is 1110. The van der Waals surface area contributed by atoms with E-state index in [1.54, 1.807) is 12.1 Å². The van der Waals surface area contributed by atoms with Gasteiger partial charge in [0.05, 0.1) is 21.7 Å². The SMILES string of the molecule is O=C(CCSc1nc2ccccc2[nH]1)Nc1nc(-c2ccc(Cl)cc2Cl)cs1. The van der Waals surface area contributed by atoms with Crippen LogP contribution in [0.2, 0.25) is 10.0 Å². The average Bonchev–Trinajstić information content (AvgIpc) is 3.28. The number of carbonyl (C=O) groups excluding carboxylic acids is 1. The number of anilines is 1. The third-order valence-corrected chi connectivity index (χ3v) is 6.07. The Morgan fingerprint density at radius 2 is 2.04 bits per heavy atom. The molecule has 9 heteroatoms. The Labute approximate surface area is 179 Å². The molecule has 142 valence electrons. The summed E-state index contributed by atoms with van der Waals surface area (Å²) in [7, 11) is 0. The number of halogens is 2. The van der Waals surface area contributed by atoms with Gasteiger partial charge in [-0.15, -0.1) is 11.3 Å². The predicted molar refractivity (Wildman–Crippen MR) is 118 cm³/mol. The fourth-order valence-corrected chi connectivity index (χ4v) is 4.63. The summed E-state index contributed by atoms with van der Waals surface area (Å²) in [5, 5.41) is 7.13. The number of hydrogen-bond donors (Lipinski definition) is 2. The van der Waals surface area contributed by atoms with Crippen LogP contribution in [0.5, 0.6) is 0 Å². The normalized spacial score (nSPS) is 11.1. The zero-order valence-electron chi connectivity index (χ0n) is 14.4. The number of nitrogens with zero attached hydrogens (tertiary/aromatic N) is 2. The monoisotopic (exact) mass is 448 g/mol. The maximum absolute atomic E-state index is 12.2. The van der Waals surface area contributed by atoms with Crippen LogP contribution in [-0.2, 0) is 4.79 Å². The fraction of sp³-hybridized carbons (Fsp3) is 0.105. The topological polar surface area (TPSA) is 70.7 Å². The van der Waals surface area contributed by atoms with Gasteiger partial charge in [-0.05, 0) is 30.3 Å². The Kier molecular flexibility index (Phi) is 5.87. The molecule has 4 aromatic rings. The summed E-state index contributed by atoms with van der Waals surface area (Å²) in [5.41, 5.74) is 3.40. The number of nitrogens with one attached hydrogen (secondary N) is 2. The highest BCUT2D eigenvalue weighted by Gasteiger charge is 2.11. The van der Waals surface area contributed by atoms with Crippen LogP contribution in [0.1, 0.15) is 6.42 Å². The van der Waals surface area contributed by atoms with Gasteiger partial charge in [0.1, 0.15) is 0 Å². The van der Waals surface area contributed by atoms with Crippen LogP contribution in [0, 0.1) is 0 Å². The number of rotatable bonds is 6. The molecule has 0 aliphatic carbocycles. The molecule has 0 aliphatic heterocycles. The number of H-pyrrole nitrogens is 1. The van der Waals surface area contributed by atoms with Crippen molar-refractivity contribution in [3.05, 3.63) is 57.9 Å². The smallest absolute Gasteiger partial charge is 0.226 e. The van der Waals surface area contributed by atoms with Crippen LogP contribution < -0.4 is 5.32 Å². The number of para-hydroxylation sites is 2. The van der Waals surface area contributed by atoms with Crippen molar-refractivity contribution in [2.45, 2.75) is 11.6 Å². The quantitative estimate of drug-likeness (QED) is 0.348. The van der Waals surface area contributed by atoms with Gasteiger partial charge in [-0.3, -0.25) is 4.79 Å². The lowest BCUT2D eigenvalue weighted by Gasteiger charge is -2.02. The van der Waals surface area contributed by atoms with Gasteiger partial charge in [-0.25, -0.2) is 9.97 Å². The molecule has 4 rings (SSSR count). The second-order valence-corrected chi connectivity index (χ2v) is 8.65. The lowest BCUT2D eigenvalue weighted by atomic mass is 10.2. The van der Waals surface area contributed by atoms with E-state index in [1.807, 2.05) is 35.7 Å². The summed E-state index contributed by atoms with van der Waals surface area (Å²) in [6, 6.07) is 13.1. The van der Waals surface area contributed by atoms with Crippen LogP contribution >= 0.6 is 46.3 Å². The van der Waals surface area contributed by atoms with E-state index in [4.69, 9.17) is 23.2 Å². The van der Waals surface area contributed by atoms with Crippen LogP contribution in [0.25, 0.3) is 22.3 Å². The molecule has 0 saturated carbocycles. The molecule has 0 radical (unpaired) electrons. The number of amides is 1. The van der Waals surface area contributed by atoms with Crippen molar-refractivity contribution < 1.29 is 4.79 Å². The van der Waals surface area contributed by atoms with Crippen molar-refractivity contribution in [2.75, 3.05) is 11.1 Å². The van der Waals surface area contributed by atoms with Gasteiger partial charge >= 0.3 is 0 Å². The number of fused-ring (bicyclic) bond motifs is 1. The second-order valence-electron chi connectivity index (χ2n) is 5.87. The summed E-state index contributed by atoms with van der Waals surface area (Å²) >= 11 is 15.0.